The maximum atomic E-state index is 6.46. The van der Waals surface area contributed by atoms with Gasteiger partial charge in [0.2, 0.25) is 0 Å². The molecule has 2 aromatic heterocycles. The quantitative estimate of drug-likeness (QED) is 0.653. The number of anilines is 4. The normalized spacial score (nSPS) is 16.1. The first-order chi connectivity index (χ1) is 13.8. The molecule has 144 valence electrons. The predicted molar refractivity (Wildman–Crippen MR) is 110 cm³/mol. The molecular weight excluding hydrogens is 352 g/mol. The average molecular weight is 376 g/mol. The molecule has 3 heterocycles. The molecule has 0 bridgehead atoms. The first-order valence-corrected chi connectivity index (χ1v) is 9.49. The smallest absolute Gasteiger partial charge is 0.163 e. The van der Waals surface area contributed by atoms with Crippen LogP contribution in [0.25, 0.3) is 0 Å². The van der Waals surface area contributed by atoms with Crippen molar-refractivity contribution in [3.63, 3.8) is 0 Å². The lowest BCUT2D eigenvalue weighted by molar-refractivity contribution is 0.120. The maximum Gasteiger partial charge on any atom is 0.163 e. The van der Waals surface area contributed by atoms with Crippen LogP contribution in [-0.2, 0) is 11.3 Å². The van der Waals surface area contributed by atoms with Crippen LogP contribution in [0.3, 0.4) is 0 Å². The van der Waals surface area contributed by atoms with Crippen LogP contribution in [0.5, 0.6) is 0 Å². The van der Waals surface area contributed by atoms with E-state index in [-0.39, 0.29) is 6.10 Å². The molecule has 1 saturated heterocycles. The van der Waals surface area contributed by atoms with Crippen molar-refractivity contribution >= 4 is 23.1 Å². The third-order valence-electron chi connectivity index (χ3n) is 4.75. The van der Waals surface area contributed by atoms with Gasteiger partial charge in [-0.1, -0.05) is 36.4 Å². The highest BCUT2D eigenvalue weighted by molar-refractivity contribution is 5.78. The lowest BCUT2D eigenvalue weighted by atomic mass is 10.2. The largest absolute Gasteiger partial charge is 0.393 e. The van der Waals surface area contributed by atoms with Crippen LogP contribution >= 0.6 is 0 Å². The third-order valence-corrected chi connectivity index (χ3v) is 4.75. The average Bonchev–Trinajstić information content (AvgIpc) is 3.27. The van der Waals surface area contributed by atoms with Gasteiger partial charge in [0, 0.05) is 19.3 Å². The second-order valence-electron chi connectivity index (χ2n) is 6.74. The van der Waals surface area contributed by atoms with E-state index in [1.807, 2.05) is 41.3 Å². The fraction of sp³-hybridized carbons (Fsp3) is 0.286. The molecule has 1 unspecified atom stereocenters. The molecule has 7 nitrogen and oxygen atoms in total. The Hall–Kier alpha value is -3.19. The van der Waals surface area contributed by atoms with E-state index in [0.717, 1.165) is 30.8 Å². The molecule has 0 amide bonds. The third kappa shape index (κ3) is 4.20. The number of ether oxygens (including phenoxy) is 1. The number of aromatic nitrogens is 3. The number of rotatable bonds is 7. The van der Waals surface area contributed by atoms with E-state index in [1.165, 1.54) is 6.33 Å². The number of pyridine rings is 1. The van der Waals surface area contributed by atoms with Gasteiger partial charge in [-0.15, -0.1) is 0 Å². The fourth-order valence-electron chi connectivity index (χ4n) is 3.30. The highest BCUT2D eigenvalue weighted by atomic mass is 16.5. The molecule has 3 aromatic rings. The van der Waals surface area contributed by atoms with Crippen LogP contribution in [0.4, 0.5) is 23.1 Å². The van der Waals surface area contributed by atoms with E-state index < -0.39 is 0 Å². The Kier molecular flexibility index (Phi) is 5.63. The summed E-state index contributed by atoms with van der Waals surface area (Å²) in [5, 5.41) is 3.32. The lowest BCUT2D eigenvalue weighted by Crippen LogP contribution is -2.23. The van der Waals surface area contributed by atoms with E-state index in [2.05, 4.69) is 32.4 Å². The minimum Gasteiger partial charge on any atom is -0.393 e. The predicted octanol–water partition coefficient (Wildman–Crippen LogP) is 3.38. The number of nitrogens with two attached hydrogens (primary N) is 1. The zero-order valence-electron chi connectivity index (χ0n) is 15.7. The summed E-state index contributed by atoms with van der Waals surface area (Å²) in [5.41, 5.74) is 8.10. The maximum absolute atomic E-state index is 6.46. The van der Waals surface area contributed by atoms with Gasteiger partial charge in [0.15, 0.2) is 11.6 Å². The topological polar surface area (TPSA) is 89.2 Å². The first kappa shape index (κ1) is 18.2. The number of hydrogen-bond acceptors (Lipinski definition) is 7. The molecule has 0 spiro atoms. The Morgan fingerprint density at radius 1 is 1.07 bits per heavy atom. The molecule has 1 aromatic carbocycles. The van der Waals surface area contributed by atoms with Crippen LogP contribution in [0.15, 0.2) is 61.1 Å². The molecule has 1 aliphatic rings. The summed E-state index contributed by atoms with van der Waals surface area (Å²) in [6.45, 7) is 2.11. The Morgan fingerprint density at radius 3 is 2.68 bits per heavy atom. The van der Waals surface area contributed by atoms with Crippen LogP contribution in [0, 0.1) is 0 Å². The summed E-state index contributed by atoms with van der Waals surface area (Å²) >= 11 is 0. The monoisotopic (exact) mass is 376 g/mol. The van der Waals surface area contributed by atoms with Crippen molar-refractivity contribution in [2.45, 2.75) is 25.5 Å². The van der Waals surface area contributed by atoms with Gasteiger partial charge in [0.05, 0.1) is 12.6 Å². The number of nitrogens with one attached hydrogen (secondary N) is 1. The van der Waals surface area contributed by atoms with Crippen molar-refractivity contribution in [2.24, 2.45) is 0 Å². The molecule has 1 atom stereocenters. The van der Waals surface area contributed by atoms with Gasteiger partial charge >= 0.3 is 0 Å². The molecule has 4 rings (SSSR count). The lowest BCUT2D eigenvalue weighted by Gasteiger charge is -2.25. The SMILES string of the molecule is Nc1c(NCC2CCCO2)ncnc1N(Cc1ccccc1)c1ccccn1. The summed E-state index contributed by atoms with van der Waals surface area (Å²) in [5.74, 6) is 2.03. The zero-order valence-corrected chi connectivity index (χ0v) is 15.7. The molecular formula is C21H24N6O. The molecule has 7 heteroatoms. The summed E-state index contributed by atoms with van der Waals surface area (Å²) in [4.78, 5) is 15.3. The van der Waals surface area contributed by atoms with Crippen LogP contribution in [0.2, 0.25) is 0 Å². The number of benzene rings is 1. The second-order valence-corrected chi connectivity index (χ2v) is 6.74. The Morgan fingerprint density at radius 2 is 1.93 bits per heavy atom. The summed E-state index contributed by atoms with van der Waals surface area (Å²) < 4.78 is 5.67. The van der Waals surface area contributed by atoms with Crippen molar-refractivity contribution in [2.75, 3.05) is 29.1 Å². The van der Waals surface area contributed by atoms with Gasteiger partial charge in [0.25, 0.3) is 0 Å². The highest BCUT2D eigenvalue weighted by Crippen LogP contribution is 2.32. The van der Waals surface area contributed by atoms with Gasteiger partial charge in [-0.25, -0.2) is 15.0 Å². The summed E-state index contributed by atoms with van der Waals surface area (Å²) in [6.07, 6.45) is 5.65. The van der Waals surface area contributed by atoms with Crippen LogP contribution in [0.1, 0.15) is 18.4 Å². The second kappa shape index (κ2) is 8.67. The van der Waals surface area contributed by atoms with Crippen molar-refractivity contribution < 1.29 is 4.74 Å². The van der Waals surface area contributed by atoms with Gasteiger partial charge in [-0.3, -0.25) is 0 Å². The first-order valence-electron chi connectivity index (χ1n) is 9.49. The Labute approximate surface area is 164 Å². The molecule has 1 aliphatic heterocycles. The highest BCUT2D eigenvalue weighted by Gasteiger charge is 2.20. The van der Waals surface area contributed by atoms with Crippen molar-refractivity contribution in [3.05, 3.63) is 66.6 Å². The number of nitrogen functional groups attached to an aromatic ring is 1. The van der Waals surface area contributed by atoms with Crippen molar-refractivity contribution in [1.82, 2.24) is 15.0 Å². The zero-order chi connectivity index (χ0) is 19.2. The minimum atomic E-state index is 0.203. The van der Waals surface area contributed by atoms with Crippen LogP contribution in [-0.4, -0.2) is 34.2 Å². The molecule has 3 N–H and O–H groups in total. The van der Waals surface area contributed by atoms with E-state index >= 15 is 0 Å². The van der Waals surface area contributed by atoms with E-state index in [9.17, 15) is 0 Å². The summed E-state index contributed by atoms with van der Waals surface area (Å²) in [7, 11) is 0. The van der Waals surface area contributed by atoms with Crippen LogP contribution < -0.4 is 16.0 Å². The minimum absolute atomic E-state index is 0.203. The number of hydrogen-bond donors (Lipinski definition) is 2. The Balaban J connectivity index is 1.62. The van der Waals surface area contributed by atoms with Crippen molar-refractivity contribution in [3.8, 4) is 0 Å². The molecule has 0 radical (unpaired) electrons. The van der Waals surface area contributed by atoms with E-state index in [4.69, 9.17) is 10.5 Å². The number of nitrogens with zero attached hydrogens (tertiary/aromatic N) is 4. The van der Waals surface area contributed by atoms with Gasteiger partial charge in [-0.05, 0) is 30.5 Å². The van der Waals surface area contributed by atoms with Crippen molar-refractivity contribution in [1.29, 1.82) is 0 Å². The molecule has 0 aliphatic carbocycles. The van der Waals surface area contributed by atoms with Gasteiger partial charge in [0.1, 0.15) is 17.8 Å². The van der Waals surface area contributed by atoms with Gasteiger partial charge < -0.3 is 20.7 Å². The fourth-order valence-corrected chi connectivity index (χ4v) is 3.30. The molecule has 1 fully saturated rings. The Bertz CT molecular complexity index is 884. The van der Waals surface area contributed by atoms with E-state index in [0.29, 0.717) is 30.4 Å². The molecule has 28 heavy (non-hydrogen) atoms. The van der Waals surface area contributed by atoms with E-state index in [1.54, 1.807) is 6.20 Å². The standard InChI is InChI=1S/C21H24N6O/c22-19-20(24-13-17-9-6-12-28-17)25-15-26-21(19)27(18-10-4-5-11-23-18)14-16-7-2-1-3-8-16/h1-5,7-8,10-11,15,17H,6,9,12-14,22H2,(H,24,25,26). The summed E-state index contributed by atoms with van der Waals surface area (Å²) in [6, 6.07) is 16.0. The molecule has 0 saturated carbocycles. The van der Waals surface area contributed by atoms with Gasteiger partial charge in [-0.2, -0.15) is 0 Å².